The predicted octanol–water partition coefficient (Wildman–Crippen LogP) is 9.66. The second-order valence-corrected chi connectivity index (χ2v) is 12.4. The molecule has 6 aromatic carbocycles. The van der Waals surface area contributed by atoms with E-state index in [0.29, 0.717) is 16.8 Å². The van der Waals surface area contributed by atoms with Crippen LogP contribution in [0.1, 0.15) is 51.3 Å². The van der Waals surface area contributed by atoms with Gasteiger partial charge in [-0.3, -0.25) is 9.59 Å². The molecule has 8 rings (SSSR count). The number of Topliss-reactive ketones (excluding diaryl/α,β-unsaturated/α-hetero) is 2. The molecule has 2 aliphatic rings. The smallest absolute Gasteiger partial charge is 0.197 e. The van der Waals surface area contributed by atoms with Gasteiger partial charge < -0.3 is 10.6 Å². The lowest BCUT2D eigenvalue weighted by Gasteiger charge is -2.43. The molecule has 0 saturated carbocycles. The second-order valence-electron chi connectivity index (χ2n) is 12.4. The number of hydrogen-bond acceptors (Lipinski definition) is 4. The monoisotopic (exact) mass is 582 g/mol. The average molecular weight is 583 g/mol. The zero-order valence-electron chi connectivity index (χ0n) is 25.0. The molecule has 0 bridgehead atoms. The summed E-state index contributed by atoms with van der Waals surface area (Å²) in [4.78, 5) is 28.7. The molecule has 0 unspecified atom stereocenters. The molecule has 4 heteroatoms. The maximum Gasteiger partial charge on any atom is 0.197 e. The summed E-state index contributed by atoms with van der Waals surface area (Å²) in [5.74, 6) is -0.538. The van der Waals surface area contributed by atoms with Crippen LogP contribution in [0.15, 0.2) is 133 Å². The molecular weight excluding hydrogens is 552 g/mol. The van der Waals surface area contributed by atoms with Crippen LogP contribution in [0.25, 0.3) is 28.0 Å². The fourth-order valence-electron chi connectivity index (χ4n) is 7.07. The third kappa shape index (κ3) is 4.14. The van der Waals surface area contributed by atoms with Crippen LogP contribution < -0.4 is 10.6 Å². The van der Waals surface area contributed by atoms with Crippen LogP contribution in [0.3, 0.4) is 0 Å². The SMILES string of the molecule is CC1(C)c2cc(-c3ccccc3)ccc2N(c2ccccc2)c2ccc3cc(/C=C4/C(=O)c5ccc(N)cc5C4=O)ccc3c21. The number of nitrogens with two attached hydrogens (primary N) is 1. The van der Waals surface area contributed by atoms with Crippen molar-refractivity contribution in [2.24, 2.45) is 0 Å². The number of carbonyl (C=O) groups excluding carboxylic acids is 2. The molecule has 216 valence electrons. The molecular formula is C41H30N2O2. The predicted molar refractivity (Wildman–Crippen MR) is 184 cm³/mol. The molecule has 0 fully saturated rings. The van der Waals surface area contributed by atoms with Crippen LogP contribution >= 0.6 is 0 Å². The van der Waals surface area contributed by atoms with Crippen LogP contribution in [0, 0.1) is 0 Å². The lowest BCUT2D eigenvalue weighted by Crippen LogP contribution is -2.31. The number of benzene rings is 6. The molecule has 2 N–H and O–H groups in total. The maximum atomic E-state index is 13.2. The third-order valence-electron chi connectivity index (χ3n) is 9.25. The van der Waals surface area contributed by atoms with Crippen LogP contribution in [-0.4, -0.2) is 11.6 Å². The summed E-state index contributed by atoms with van der Waals surface area (Å²) >= 11 is 0. The number of allylic oxidation sites excluding steroid dienone is 1. The van der Waals surface area contributed by atoms with Crippen molar-refractivity contribution in [1.29, 1.82) is 0 Å². The van der Waals surface area contributed by atoms with Crippen molar-refractivity contribution in [1.82, 2.24) is 0 Å². The van der Waals surface area contributed by atoms with E-state index in [1.165, 1.54) is 22.3 Å². The van der Waals surface area contributed by atoms with Gasteiger partial charge in [0, 0.05) is 27.9 Å². The summed E-state index contributed by atoms with van der Waals surface area (Å²) in [7, 11) is 0. The van der Waals surface area contributed by atoms with Gasteiger partial charge in [0.15, 0.2) is 11.6 Å². The Bertz CT molecular complexity index is 2230. The zero-order chi connectivity index (χ0) is 30.9. The Morgan fingerprint density at radius 1 is 0.644 bits per heavy atom. The van der Waals surface area contributed by atoms with Crippen LogP contribution in [-0.2, 0) is 5.41 Å². The first-order valence-electron chi connectivity index (χ1n) is 15.1. The maximum absolute atomic E-state index is 13.2. The van der Waals surface area contributed by atoms with Gasteiger partial charge in [-0.05, 0) is 99.3 Å². The van der Waals surface area contributed by atoms with Crippen molar-refractivity contribution in [3.8, 4) is 11.1 Å². The minimum Gasteiger partial charge on any atom is -0.399 e. The Kier molecular flexibility index (Phi) is 5.91. The summed E-state index contributed by atoms with van der Waals surface area (Å²) in [6.07, 6.45) is 1.71. The molecule has 1 aliphatic carbocycles. The Morgan fingerprint density at radius 2 is 1.36 bits per heavy atom. The molecule has 0 spiro atoms. The van der Waals surface area contributed by atoms with Gasteiger partial charge in [-0.2, -0.15) is 0 Å². The van der Waals surface area contributed by atoms with Gasteiger partial charge in [-0.1, -0.05) is 86.6 Å². The Morgan fingerprint density at radius 3 is 2.13 bits per heavy atom. The van der Waals surface area contributed by atoms with E-state index in [2.05, 4.69) is 110 Å². The normalized spacial score (nSPS) is 15.7. The molecule has 45 heavy (non-hydrogen) atoms. The number of rotatable bonds is 3. The van der Waals surface area contributed by atoms with E-state index in [0.717, 1.165) is 33.4 Å². The highest BCUT2D eigenvalue weighted by atomic mass is 16.2. The number of nitrogen functional groups attached to an aromatic ring is 1. The summed E-state index contributed by atoms with van der Waals surface area (Å²) < 4.78 is 0. The van der Waals surface area contributed by atoms with E-state index >= 15 is 0 Å². The van der Waals surface area contributed by atoms with Gasteiger partial charge >= 0.3 is 0 Å². The van der Waals surface area contributed by atoms with Gasteiger partial charge in [-0.25, -0.2) is 0 Å². The Balaban J connectivity index is 1.30. The number of fused-ring (bicyclic) bond motifs is 5. The van der Waals surface area contributed by atoms with E-state index in [4.69, 9.17) is 5.73 Å². The highest BCUT2D eigenvalue weighted by Gasteiger charge is 2.39. The molecule has 1 aliphatic heterocycles. The Hall–Kier alpha value is -5.74. The van der Waals surface area contributed by atoms with E-state index in [9.17, 15) is 9.59 Å². The number of hydrogen-bond donors (Lipinski definition) is 1. The molecule has 0 aromatic heterocycles. The van der Waals surface area contributed by atoms with E-state index in [1.54, 1.807) is 24.3 Å². The lowest BCUT2D eigenvalue weighted by molar-refractivity contribution is 0.0990. The number of para-hydroxylation sites is 1. The van der Waals surface area contributed by atoms with Crippen molar-refractivity contribution >= 4 is 51.2 Å². The summed E-state index contributed by atoms with van der Waals surface area (Å²) in [5.41, 5.74) is 16.1. The molecule has 6 aromatic rings. The number of nitrogens with zero attached hydrogens (tertiary/aromatic N) is 1. The molecule has 4 nitrogen and oxygen atoms in total. The van der Waals surface area contributed by atoms with Crippen molar-refractivity contribution in [3.63, 3.8) is 0 Å². The van der Waals surface area contributed by atoms with Crippen molar-refractivity contribution in [2.45, 2.75) is 19.3 Å². The summed E-state index contributed by atoms with van der Waals surface area (Å²) in [6, 6.07) is 43.2. The first-order valence-corrected chi connectivity index (χ1v) is 15.1. The topological polar surface area (TPSA) is 63.4 Å². The largest absolute Gasteiger partial charge is 0.399 e. The van der Waals surface area contributed by atoms with Crippen molar-refractivity contribution in [3.05, 3.63) is 161 Å². The minimum absolute atomic E-state index is 0.172. The van der Waals surface area contributed by atoms with Gasteiger partial charge in [0.1, 0.15) is 0 Å². The van der Waals surface area contributed by atoms with Crippen molar-refractivity contribution < 1.29 is 9.59 Å². The van der Waals surface area contributed by atoms with E-state index < -0.39 is 0 Å². The highest BCUT2D eigenvalue weighted by molar-refractivity contribution is 6.41. The highest BCUT2D eigenvalue weighted by Crippen LogP contribution is 2.54. The summed E-state index contributed by atoms with van der Waals surface area (Å²) in [5, 5.41) is 2.18. The number of anilines is 4. The van der Waals surface area contributed by atoms with Crippen LogP contribution in [0.5, 0.6) is 0 Å². The van der Waals surface area contributed by atoms with Gasteiger partial charge in [0.05, 0.1) is 16.9 Å². The van der Waals surface area contributed by atoms with Gasteiger partial charge in [0.2, 0.25) is 0 Å². The number of carbonyl (C=O) groups is 2. The standard InChI is InChI=1S/C41H30N2O2/c1-41(2)35-23-27(26-9-5-3-6-10-26)14-19-36(35)43(30-11-7-4-8-12-30)37-20-15-28-21-25(13-17-31(28)38(37)41)22-34-39(44)32-18-16-29(42)24-33(32)40(34)45/h3-24H,42H2,1-2H3/b34-22-. The third-order valence-corrected chi connectivity index (χ3v) is 9.25. The first kappa shape index (κ1) is 26.9. The molecule has 1 heterocycles. The average Bonchev–Trinajstić information content (AvgIpc) is 3.29. The lowest BCUT2D eigenvalue weighted by atomic mass is 9.71. The molecule has 0 atom stereocenters. The first-order chi connectivity index (χ1) is 21.8. The molecule has 0 amide bonds. The van der Waals surface area contributed by atoms with Crippen LogP contribution in [0.4, 0.5) is 22.7 Å². The fraction of sp³-hybridized carbons (Fsp3) is 0.0732. The quantitative estimate of drug-likeness (QED) is 0.128. The van der Waals surface area contributed by atoms with E-state index in [-0.39, 0.29) is 22.6 Å². The van der Waals surface area contributed by atoms with Gasteiger partial charge in [0.25, 0.3) is 0 Å². The van der Waals surface area contributed by atoms with Gasteiger partial charge in [-0.15, -0.1) is 0 Å². The van der Waals surface area contributed by atoms with E-state index in [1.807, 2.05) is 18.2 Å². The minimum atomic E-state index is -0.320. The summed E-state index contributed by atoms with van der Waals surface area (Å²) in [6.45, 7) is 4.60. The second kappa shape index (κ2) is 9.90. The fourth-order valence-corrected chi connectivity index (χ4v) is 7.07. The van der Waals surface area contributed by atoms with Crippen molar-refractivity contribution in [2.75, 3.05) is 10.6 Å². The molecule has 0 saturated heterocycles. The number of ketones is 2. The van der Waals surface area contributed by atoms with Crippen LogP contribution in [0.2, 0.25) is 0 Å². The molecule has 0 radical (unpaired) electrons. The zero-order valence-corrected chi connectivity index (χ0v) is 25.0. The Labute approximate surface area is 262 Å².